The molecule has 0 saturated heterocycles. The van der Waals surface area contributed by atoms with Gasteiger partial charge in [0.1, 0.15) is 10.7 Å². The van der Waals surface area contributed by atoms with Gasteiger partial charge in [0.2, 0.25) is 0 Å². The third-order valence-corrected chi connectivity index (χ3v) is 2.56. The Morgan fingerprint density at radius 2 is 2.00 bits per heavy atom. The maximum Gasteiger partial charge on any atom is 0.298 e. The summed E-state index contributed by atoms with van der Waals surface area (Å²) in [5.41, 5.74) is -0.248. The van der Waals surface area contributed by atoms with Crippen molar-refractivity contribution in [2.45, 2.75) is 6.10 Å². The average molecular weight is 204 g/mol. The molecule has 13 heavy (non-hydrogen) atoms. The fourth-order valence-electron chi connectivity index (χ4n) is 0.971. The van der Waals surface area contributed by atoms with Crippen LogP contribution in [0.4, 0.5) is 0 Å². The predicted octanol–water partition coefficient (Wildman–Crippen LogP) is 0.131. The van der Waals surface area contributed by atoms with Crippen LogP contribution in [0.3, 0.4) is 0 Å². The van der Waals surface area contributed by atoms with Crippen LogP contribution in [0.25, 0.3) is 0 Å². The van der Waals surface area contributed by atoms with Crippen molar-refractivity contribution < 1.29 is 23.2 Å². The summed E-state index contributed by atoms with van der Waals surface area (Å²) >= 11 is 0. The Morgan fingerprint density at radius 3 is 2.38 bits per heavy atom. The minimum Gasteiger partial charge on any atom is -0.506 e. The second kappa shape index (κ2) is 2.99. The van der Waals surface area contributed by atoms with Crippen LogP contribution < -0.4 is 0 Å². The van der Waals surface area contributed by atoms with E-state index in [2.05, 4.69) is 6.58 Å². The highest BCUT2D eigenvalue weighted by molar-refractivity contribution is 7.90. The van der Waals surface area contributed by atoms with E-state index in [1.165, 1.54) is 0 Å². The van der Waals surface area contributed by atoms with Crippen molar-refractivity contribution in [1.29, 1.82) is 0 Å². The van der Waals surface area contributed by atoms with Gasteiger partial charge in [-0.05, 0) is 12.2 Å². The molecule has 0 radical (unpaired) electrons. The molecule has 0 fully saturated rings. The van der Waals surface area contributed by atoms with E-state index >= 15 is 0 Å². The van der Waals surface area contributed by atoms with Gasteiger partial charge in [0.25, 0.3) is 10.1 Å². The smallest absolute Gasteiger partial charge is 0.298 e. The highest BCUT2D eigenvalue weighted by atomic mass is 32.2. The molecule has 0 bridgehead atoms. The fraction of sp³-hybridized carbons (Fsp3) is 0.143. The molecule has 1 atom stereocenters. The molecule has 1 aliphatic rings. The van der Waals surface area contributed by atoms with Gasteiger partial charge < -0.3 is 10.2 Å². The first-order valence-corrected chi connectivity index (χ1v) is 4.74. The van der Waals surface area contributed by atoms with Gasteiger partial charge in [0.05, 0.1) is 6.10 Å². The van der Waals surface area contributed by atoms with Crippen molar-refractivity contribution in [2.24, 2.45) is 0 Å². The molecule has 0 spiro atoms. The Labute approximate surface area is 75.1 Å². The second-order valence-corrected chi connectivity index (χ2v) is 3.88. The maximum absolute atomic E-state index is 10.7. The number of hydrogen-bond donors (Lipinski definition) is 3. The highest BCUT2D eigenvalue weighted by Gasteiger charge is 2.27. The number of aliphatic hydroxyl groups excluding tert-OH is 2. The Kier molecular flexibility index (Phi) is 2.29. The molecule has 0 aromatic carbocycles. The quantitative estimate of drug-likeness (QED) is 0.528. The van der Waals surface area contributed by atoms with E-state index < -0.39 is 26.9 Å². The summed E-state index contributed by atoms with van der Waals surface area (Å²) in [5.74, 6) is -0.627. The molecule has 0 aromatic heterocycles. The Hall–Kier alpha value is -1.11. The van der Waals surface area contributed by atoms with E-state index in [1.54, 1.807) is 0 Å². The van der Waals surface area contributed by atoms with E-state index in [9.17, 15) is 8.42 Å². The molecule has 6 heteroatoms. The number of allylic oxidation sites excluding steroid dienone is 1. The van der Waals surface area contributed by atoms with Gasteiger partial charge in [-0.3, -0.25) is 4.55 Å². The SMILES string of the molecule is C=C1C(S(=O)(=O)O)=C(O)C=CC1O. The number of rotatable bonds is 1. The van der Waals surface area contributed by atoms with Crippen LogP contribution in [0, 0.1) is 0 Å². The molecular formula is C7H8O5S. The summed E-state index contributed by atoms with van der Waals surface area (Å²) in [5, 5.41) is 18.2. The van der Waals surface area contributed by atoms with Crippen LogP contribution in [0.15, 0.2) is 35.0 Å². The summed E-state index contributed by atoms with van der Waals surface area (Å²) in [6.07, 6.45) is 0.947. The molecule has 72 valence electrons. The topological polar surface area (TPSA) is 94.8 Å². The van der Waals surface area contributed by atoms with Crippen LogP contribution in [0.1, 0.15) is 0 Å². The summed E-state index contributed by atoms with van der Waals surface area (Å²) < 4.78 is 30.0. The summed E-state index contributed by atoms with van der Waals surface area (Å²) in [6, 6.07) is 0. The molecule has 1 aliphatic carbocycles. The summed E-state index contributed by atoms with van der Waals surface area (Å²) in [7, 11) is -4.54. The van der Waals surface area contributed by atoms with Crippen molar-refractivity contribution >= 4 is 10.1 Å². The monoisotopic (exact) mass is 204 g/mol. The number of aliphatic hydroxyl groups is 2. The molecule has 0 amide bonds. The lowest BCUT2D eigenvalue weighted by molar-refractivity contribution is 0.258. The standard InChI is InChI=1S/C7H8O5S/c1-4-5(8)2-3-6(9)7(4)13(10,11)12/h2-3,5,8-9H,1H2,(H,10,11,12). The molecule has 1 rings (SSSR count). The third kappa shape index (κ3) is 1.80. The minimum atomic E-state index is -4.54. The van der Waals surface area contributed by atoms with Crippen LogP contribution in [-0.4, -0.2) is 29.3 Å². The van der Waals surface area contributed by atoms with E-state index in [0.717, 1.165) is 12.2 Å². The molecule has 0 aromatic rings. The van der Waals surface area contributed by atoms with Crippen molar-refractivity contribution in [2.75, 3.05) is 0 Å². The zero-order valence-corrected chi connectivity index (χ0v) is 7.32. The van der Waals surface area contributed by atoms with Gasteiger partial charge >= 0.3 is 0 Å². The zero-order valence-electron chi connectivity index (χ0n) is 6.51. The minimum absolute atomic E-state index is 0.248. The first-order valence-electron chi connectivity index (χ1n) is 3.30. The van der Waals surface area contributed by atoms with Gasteiger partial charge in [-0.15, -0.1) is 0 Å². The van der Waals surface area contributed by atoms with Gasteiger partial charge in [-0.1, -0.05) is 6.58 Å². The summed E-state index contributed by atoms with van der Waals surface area (Å²) in [6.45, 7) is 3.24. The van der Waals surface area contributed by atoms with Gasteiger partial charge in [-0.2, -0.15) is 8.42 Å². The molecule has 1 unspecified atom stereocenters. The van der Waals surface area contributed by atoms with Crippen molar-refractivity contribution in [3.05, 3.63) is 35.0 Å². The maximum atomic E-state index is 10.7. The van der Waals surface area contributed by atoms with E-state index in [0.29, 0.717) is 0 Å². The van der Waals surface area contributed by atoms with Crippen LogP contribution in [0.2, 0.25) is 0 Å². The Balaban J connectivity index is 3.35. The Bertz CT molecular complexity index is 401. The lowest BCUT2D eigenvalue weighted by Crippen LogP contribution is -2.18. The lowest BCUT2D eigenvalue weighted by Gasteiger charge is -2.16. The summed E-state index contributed by atoms with van der Waals surface area (Å²) in [4.78, 5) is -0.734. The second-order valence-electron chi connectivity index (χ2n) is 2.52. The molecule has 5 nitrogen and oxygen atoms in total. The third-order valence-electron chi connectivity index (χ3n) is 1.58. The predicted molar refractivity (Wildman–Crippen MR) is 45.5 cm³/mol. The van der Waals surface area contributed by atoms with Crippen LogP contribution in [-0.2, 0) is 10.1 Å². The van der Waals surface area contributed by atoms with Gasteiger partial charge in [-0.25, -0.2) is 0 Å². The van der Waals surface area contributed by atoms with Crippen LogP contribution in [0.5, 0.6) is 0 Å². The molecule has 3 N–H and O–H groups in total. The highest BCUT2D eigenvalue weighted by Crippen LogP contribution is 2.26. The fourth-order valence-corrected chi connectivity index (χ4v) is 1.76. The van der Waals surface area contributed by atoms with E-state index in [-0.39, 0.29) is 5.57 Å². The molecular weight excluding hydrogens is 196 g/mol. The molecule has 0 aliphatic heterocycles. The zero-order chi connectivity index (χ0) is 10.2. The molecule has 0 heterocycles. The normalized spacial score (nSPS) is 23.8. The van der Waals surface area contributed by atoms with E-state index in [1.807, 2.05) is 0 Å². The van der Waals surface area contributed by atoms with Gasteiger partial charge in [0, 0.05) is 5.57 Å². The first-order chi connectivity index (χ1) is 5.84. The van der Waals surface area contributed by atoms with Gasteiger partial charge in [0.15, 0.2) is 0 Å². The van der Waals surface area contributed by atoms with Crippen molar-refractivity contribution in [1.82, 2.24) is 0 Å². The number of hydrogen-bond acceptors (Lipinski definition) is 4. The largest absolute Gasteiger partial charge is 0.506 e. The first kappa shape index (κ1) is 9.97. The van der Waals surface area contributed by atoms with E-state index in [4.69, 9.17) is 14.8 Å². The average Bonchev–Trinajstić information content (AvgIpc) is 1.95. The van der Waals surface area contributed by atoms with Crippen LogP contribution >= 0.6 is 0 Å². The Morgan fingerprint density at radius 1 is 1.46 bits per heavy atom. The van der Waals surface area contributed by atoms with Crippen molar-refractivity contribution in [3.63, 3.8) is 0 Å². The lowest BCUT2D eigenvalue weighted by atomic mass is 10.1. The van der Waals surface area contributed by atoms with Crippen molar-refractivity contribution in [3.8, 4) is 0 Å². The molecule has 0 saturated carbocycles.